The molecule has 3 rings (SSSR count). The summed E-state index contributed by atoms with van der Waals surface area (Å²) >= 11 is 0. The number of carbonyl (C=O) groups is 3. The van der Waals surface area contributed by atoms with Crippen molar-refractivity contribution < 1.29 is 37.4 Å². The van der Waals surface area contributed by atoms with Crippen LogP contribution in [0.4, 0.5) is 13.2 Å². The van der Waals surface area contributed by atoms with Crippen molar-refractivity contribution in [2.75, 3.05) is 0 Å². The Balaban J connectivity index is 0.000000278. The number of hydrogen-bond acceptors (Lipinski definition) is 4. The maximum atomic E-state index is 13.7. The fourth-order valence-corrected chi connectivity index (χ4v) is 2.63. The normalized spacial score (nSPS) is 10.1. The van der Waals surface area contributed by atoms with Gasteiger partial charge in [-0.1, -0.05) is 29.8 Å². The third-order valence-electron chi connectivity index (χ3n) is 4.46. The van der Waals surface area contributed by atoms with Crippen molar-refractivity contribution in [1.29, 1.82) is 0 Å². The SMILES string of the molecule is Cc1c(F)cc(C(=O)OC(=O)c2ccccc2)c(C)c1F.Cc1ccc(F)c(C(=O)O)c1. The van der Waals surface area contributed by atoms with Crippen LogP contribution in [0.2, 0.25) is 0 Å². The van der Waals surface area contributed by atoms with Crippen molar-refractivity contribution in [1.82, 2.24) is 0 Å². The second-order valence-corrected chi connectivity index (χ2v) is 6.80. The van der Waals surface area contributed by atoms with Crippen LogP contribution in [0.25, 0.3) is 0 Å². The lowest BCUT2D eigenvalue weighted by Crippen LogP contribution is -2.15. The molecule has 3 aromatic carbocycles. The first-order valence-corrected chi connectivity index (χ1v) is 9.29. The summed E-state index contributed by atoms with van der Waals surface area (Å²) in [6, 6.07) is 12.7. The minimum Gasteiger partial charge on any atom is -0.478 e. The summed E-state index contributed by atoms with van der Waals surface area (Å²) in [6.45, 7) is 4.30. The van der Waals surface area contributed by atoms with E-state index in [1.165, 1.54) is 38.1 Å². The predicted molar refractivity (Wildman–Crippen MR) is 110 cm³/mol. The van der Waals surface area contributed by atoms with Gasteiger partial charge in [-0.15, -0.1) is 0 Å². The van der Waals surface area contributed by atoms with Crippen LogP contribution in [0.5, 0.6) is 0 Å². The Morgan fingerprint density at radius 3 is 1.94 bits per heavy atom. The molecule has 0 atom stereocenters. The van der Waals surface area contributed by atoms with Crippen LogP contribution < -0.4 is 0 Å². The van der Waals surface area contributed by atoms with Gasteiger partial charge in [0.25, 0.3) is 0 Å². The predicted octanol–water partition coefficient (Wildman–Crippen LogP) is 5.41. The molecule has 0 aliphatic carbocycles. The summed E-state index contributed by atoms with van der Waals surface area (Å²) in [4.78, 5) is 34.0. The summed E-state index contributed by atoms with van der Waals surface area (Å²) in [5.41, 5.74) is 0.100. The van der Waals surface area contributed by atoms with E-state index in [0.29, 0.717) is 0 Å². The van der Waals surface area contributed by atoms with E-state index in [1.807, 2.05) is 0 Å². The largest absolute Gasteiger partial charge is 0.478 e. The summed E-state index contributed by atoms with van der Waals surface area (Å²) in [6.07, 6.45) is 0. The molecule has 0 bridgehead atoms. The van der Waals surface area contributed by atoms with E-state index in [1.54, 1.807) is 25.1 Å². The maximum Gasteiger partial charge on any atom is 0.346 e. The molecule has 0 amide bonds. The summed E-state index contributed by atoms with van der Waals surface area (Å²) in [5.74, 6) is -5.57. The van der Waals surface area contributed by atoms with Gasteiger partial charge in [-0.3, -0.25) is 0 Å². The highest BCUT2D eigenvalue weighted by atomic mass is 19.1. The molecule has 0 fully saturated rings. The lowest BCUT2D eigenvalue weighted by molar-refractivity contribution is 0.0395. The van der Waals surface area contributed by atoms with Gasteiger partial charge in [-0.25, -0.2) is 27.6 Å². The summed E-state index contributed by atoms with van der Waals surface area (Å²) in [5, 5.41) is 8.45. The Labute approximate surface area is 182 Å². The zero-order valence-corrected chi connectivity index (χ0v) is 17.4. The molecule has 0 spiro atoms. The second kappa shape index (κ2) is 10.4. The number of aryl methyl sites for hydroxylation is 1. The van der Waals surface area contributed by atoms with Gasteiger partial charge < -0.3 is 9.84 Å². The van der Waals surface area contributed by atoms with Crippen LogP contribution >= 0.6 is 0 Å². The molecule has 0 saturated heterocycles. The van der Waals surface area contributed by atoms with Crippen LogP contribution in [-0.2, 0) is 4.74 Å². The Hall–Kier alpha value is -3.94. The van der Waals surface area contributed by atoms with Gasteiger partial charge in [0.15, 0.2) is 0 Å². The molecule has 0 aliphatic rings. The first-order chi connectivity index (χ1) is 15.0. The number of carbonyl (C=O) groups excluding carboxylic acids is 2. The average Bonchev–Trinajstić information content (AvgIpc) is 2.77. The van der Waals surface area contributed by atoms with Crippen LogP contribution in [0.3, 0.4) is 0 Å². The molecule has 0 heterocycles. The molecule has 0 aromatic heterocycles. The van der Waals surface area contributed by atoms with Crippen LogP contribution in [-0.4, -0.2) is 23.0 Å². The zero-order chi connectivity index (χ0) is 24.0. The number of ether oxygens (including phenoxy) is 1. The second-order valence-electron chi connectivity index (χ2n) is 6.80. The summed E-state index contributed by atoms with van der Waals surface area (Å²) in [7, 11) is 0. The maximum absolute atomic E-state index is 13.7. The fourth-order valence-electron chi connectivity index (χ4n) is 2.63. The van der Waals surface area contributed by atoms with Gasteiger partial charge in [0.2, 0.25) is 0 Å². The highest BCUT2D eigenvalue weighted by molar-refractivity contribution is 6.03. The van der Waals surface area contributed by atoms with E-state index in [2.05, 4.69) is 4.74 Å². The molecule has 8 heteroatoms. The quantitative estimate of drug-likeness (QED) is 0.432. The van der Waals surface area contributed by atoms with Crippen LogP contribution in [0.1, 0.15) is 47.8 Å². The number of carboxylic acids is 1. The number of carboxylic acid groups (broad SMARTS) is 1. The highest BCUT2D eigenvalue weighted by Gasteiger charge is 2.21. The molecule has 32 heavy (non-hydrogen) atoms. The Bertz CT molecular complexity index is 1170. The lowest BCUT2D eigenvalue weighted by Gasteiger charge is -2.09. The van der Waals surface area contributed by atoms with Gasteiger partial charge in [-0.05, 0) is 56.7 Å². The van der Waals surface area contributed by atoms with Gasteiger partial charge >= 0.3 is 17.9 Å². The van der Waals surface area contributed by atoms with Crippen LogP contribution in [0.15, 0.2) is 54.6 Å². The number of hydrogen-bond donors (Lipinski definition) is 1. The summed E-state index contributed by atoms with van der Waals surface area (Å²) < 4.78 is 44.5. The molecule has 0 saturated carbocycles. The van der Waals surface area contributed by atoms with Crippen molar-refractivity contribution in [3.8, 4) is 0 Å². The minimum atomic E-state index is -1.23. The number of aromatic carboxylic acids is 1. The fraction of sp³-hybridized carbons (Fsp3) is 0.125. The number of esters is 2. The molecular formula is C24H19F3O5. The highest BCUT2D eigenvalue weighted by Crippen LogP contribution is 2.21. The molecule has 166 valence electrons. The number of halogens is 3. The smallest absolute Gasteiger partial charge is 0.346 e. The van der Waals surface area contributed by atoms with Crippen molar-refractivity contribution >= 4 is 17.9 Å². The lowest BCUT2D eigenvalue weighted by atomic mass is 10.0. The number of rotatable bonds is 3. The van der Waals surface area contributed by atoms with Crippen molar-refractivity contribution in [3.05, 3.63) is 105 Å². The first-order valence-electron chi connectivity index (χ1n) is 9.29. The molecule has 3 aromatic rings. The topological polar surface area (TPSA) is 80.7 Å². The van der Waals surface area contributed by atoms with Crippen molar-refractivity contribution in [3.63, 3.8) is 0 Å². The third-order valence-corrected chi connectivity index (χ3v) is 4.46. The molecule has 0 aliphatic heterocycles. The number of benzene rings is 3. The third kappa shape index (κ3) is 5.81. The Morgan fingerprint density at radius 1 is 0.750 bits per heavy atom. The van der Waals surface area contributed by atoms with Gasteiger partial charge in [0.1, 0.15) is 17.5 Å². The molecule has 0 unspecified atom stereocenters. The van der Waals surface area contributed by atoms with E-state index < -0.39 is 35.4 Å². The van der Waals surface area contributed by atoms with E-state index in [4.69, 9.17) is 5.11 Å². The molecule has 0 radical (unpaired) electrons. The van der Waals surface area contributed by atoms with E-state index in [-0.39, 0.29) is 27.8 Å². The average molecular weight is 444 g/mol. The van der Waals surface area contributed by atoms with Gasteiger partial charge in [0.05, 0.1) is 16.7 Å². The molecule has 1 N–H and O–H groups in total. The van der Waals surface area contributed by atoms with Gasteiger partial charge in [0, 0.05) is 5.56 Å². The zero-order valence-electron chi connectivity index (χ0n) is 17.4. The molecular weight excluding hydrogens is 425 g/mol. The van der Waals surface area contributed by atoms with Gasteiger partial charge in [-0.2, -0.15) is 0 Å². The van der Waals surface area contributed by atoms with E-state index in [0.717, 1.165) is 17.7 Å². The Morgan fingerprint density at radius 2 is 1.38 bits per heavy atom. The van der Waals surface area contributed by atoms with Crippen molar-refractivity contribution in [2.45, 2.75) is 20.8 Å². The van der Waals surface area contributed by atoms with Crippen molar-refractivity contribution in [2.24, 2.45) is 0 Å². The van der Waals surface area contributed by atoms with Crippen LogP contribution in [0, 0.1) is 38.2 Å². The van der Waals surface area contributed by atoms with E-state index >= 15 is 0 Å². The molecule has 5 nitrogen and oxygen atoms in total. The first kappa shape index (κ1) is 24.3. The monoisotopic (exact) mass is 444 g/mol. The minimum absolute atomic E-state index is 0.0558. The standard InChI is InChI=1S/C16H12F2O3.C8H7FO2/c1-9-12(8-13(17)10(2)14(9)18)16(20)21-15(19)11-6-4-3-5-7-11;1-5-2-3-7(9)6(4-5)8(10)11/h3-8H,1-2H3;2-4H,1H3,(H,10,11). The Kier molecular flexibility index (Phi) is 7.90. The van der Waals surface area contributed by atoms with E-state index in [9.17, 15) is 27.6 Å².